The minimum atomic E-state index is -0.622. The molecule has 0 bridgehead atoms. The quantitative estimate of drug-likeness (QED) is 0.384. The fraction of sp³-hybridized carbons (Fsp3) is 0.0800. The van der Waals surface area contributed by atoms with Crippen LogP contribution in [0.1, 0.15) is 6.92 Å². The molecule has 0 unspecified atom stereocenters. The van der Waals surface area contributed by atoms with Crippen LogP contribution in [0.3, 0.4) is 0 Å². The number of pyridine rings is 1. The Bertz CT molecular complexity index is 1620. The molecule has 0 fully saturated rings. The number of hydrogen-bond acceptors (Lipinski definition) is 7. The average Bonchev–Trinajstić information content (AvgIpc) is 3.33. The first kappa shape index (κ1) is 21.8. The molecule has 2 aromatic carbocycles. The molecule has 5 aromatic rings. The fourth-order valence-corrected chi connectivity index (χ4v) is 3.49. The van der Waals surface area contributed by atoms with Gasteiger partial charge in [0, 0.05) is 25.0 Å². The molecule has 3 heterocycles. The Labute approximate surface area is 199 Å². The number of nitrogens with zero attached hydrogens (tertiary/aromatic N) is 6. The number of ether oxygens (including phenoxy) is 1. The molecule has 9 nitrogen and oxygen atoms in total. The van der Waals surface area contributed by atoms with Gasteiger partial charge < -0.3 is 15.0 Å². The maximum Gasteiger partial charge on any atom is 0.302 e. The first-order valence-electron chi connectivity index (χ1n) is 10.5. The first-order chi connectivity index (χ1) is 17.0. The van der Waals surface area contributed by atoms with Crippen molar-refractivity contribution in [3.63, 3.8) is 0 Å². The largest absolute Gasteiger partial charge is 0.457 e. The van der Waals surface area contributed by atoms with Crippen molar-refractivity contribution in [2.45, 2.75) is 6.92 Å². The lowest BCUT2D eigenvalue weighted by Crippen LogP contribution is -2.25. The second-order valence-corrected chi connectivity index (χ2v) is 7.43. The van der Waals surface area contributed by atoms with Crippen LogP contribution in [0.25, 0.3) is 16.6 Å². The average molecular weight is 467 g/mol. The summed E-state index contributed by atoms with van der Waals surface area (Å²) in [6.45, 7) is 1.55. The molecule has 0 saturated carbocycles. The molecule has 172 valence electrons. The lowest BCUT2D eigenvalue weighted by Gasteiger charge is -2.17. The van der Waals surface area contributed by atoms with Gasteiger partial charge in [0.2, 0.25) is 0 Å². The van der Waals surface area contributed by atoms with E-state index >= 15 is 4.39 Å². The van der Waals surface area contributed by atoms with Crippen molar-refractivity contribution < 1.29 is 13.9 Å². The maximum atomic E-state index is 15.5. The zero-order chi connectivity index (χ0) is 24.4. The van der Waals surface area contributed by atoms with Gasteiger partial charge in [0.05, 0.1) is 16.6 Å². The second kappa shape index (κ2) is 9.07. The number of amides is 1. The topological polar surface area (TPSA) is 97.5 Å². The van der Waals surface area contributed by atoms with Crippen LogP contribution in [0.2, 0.25) is 0 Å². The normalized spacial score (nSPS) is 10.6. The molecule has 0 aliphatic heterocycles. The van der Waals surface area contributed by atoms with Crippen molar-refractivity contribution in [3.05, 3.63) is 73.2 Å². The molecule has 0 radical (unpaired) electrons. The van der Waals surface area contributed by atoms with Gasteiger partial charge in [-0.1, -0.05) is 5.92 Å². The minimum absolute atomic E-state index is 0.0801. The van der Waals surface area contributed by atoms with Gasteiger partial charge in [-0.15, -0.1) is 0 Å². The summed E-state index contributed by atoms with van der Waals surface area (Å²) >= 11 is 0. The third-order valence-electron chi connectivity index (χ3n) is 5.22. The number of carbonyl (C=O) groups excluding carboxylic acids is 1. The molecule has 0 atom stereocenters. The highest BCUT2D eigenvalue weighted by atomic mass is 19.1. The Morgan fingerprint density at radius 3 is 2.69 bits per heavy atom. The highest BCUT2D eigenvalue weighted by Gasteiger charge is 2.19. The molecule has 10 heteroatoms. The van der Waals surface area contributed by atoms with E-state index in [2.05, 4.69) is 37.2 Å². The number of aromatic nitrogens is 5. The number of hydrogen-bond donors (Lipinski definition) is 1. The van der Waals surface area contributed by atoms with Gasteiger partial charge in [0.15, 0.2) is 11.5 Å². The fourth-order valence-electron chi connectivity index (χ4n) is 3.49. The van der Waals surface area contributed by atoms with Crippen LogP contribution in [0, 0.1) is 17.7 Å². The zero-order valence-electron chi connectivity index (χ0n) is 18.7. The summed E-state index contributed by atoms with van der Waals surface area (Å²) in [5, 5.41) is 7.34. The highest BCUT2D eigenvalue weighted by Crippen LogP contribution is 2.32. The van der Waals surface area contributed by atoms with Crippen LogP contribution in [-0.4, -0.2) is 37.5 Å². The van der Waals surface area contributed by atoms with Crippen LogP contribution in [0.4, 0.5) is 21.6 Å². The standard InChI is InChI=1S/C25H18FN7O2/c1-3-4-22(34)32(2)20-10-9-19-23(24(20)26)25(29-14-27-19)31-16-5-7-17(8-6-16)35-18-11-12-33-21(13-18)28-15-30-33/h5-15H,1-2H3,(H,27,29,31). The molecule has 3 aromatic heterocycles. The Morgan fingerprint density at radius 1 is 1.06 bits per heavy atom. The molecular weight excluding hydrogens is 449 g/mol. The summed E-state index contributed by atoms with van der Waals surface area (Å²) in [7, 11) is 1.47. The zero-order valence-corrected chi connectivity index (χ0v) is 18.7. The molecule has 0 spiro atoms. The van der Waals surface area contributed by atoms with Gasteiger partial charge in [0.25, 0.3) is 0 Å². The molecule has 0 saturated heterocycles. The Kier molecular flexibility index (Phi) is 5.65. The summed E-state index contributed by atoms with van der Waals surface area (Å²) in [6, 6.07) is 13.8. The summed E-state index contributed by atoms with van der Waals surface area (Å²) in [5.41, 5.74) is 1.81. The van der Waals surface area contributed by atoms with Gasteiger partial charge >= 0.3 is 5.91 Å². The first-order valence-corrected chi connectivity index (χ1v) is 10.5. The lowest BCUT2D eigenvalue weighted by molar-refractivity contribution is -0.113. The van der Waals surface area contributed by atoms with E-state index in [1.807, 2.05) is 0 Å². The summed E-state index contributed by atoms with van der Waals surface area (Å²) in [5.74, 6) is 5.29. The van der Waals surface area contributed by atoms with Crippen molar-refractivity contribution in [2.24, 2.45) is 0 Å². The Hall–Kier alpha value is -5.04. The number of carbonyl (C=O) groups is 1. The number of rotatable bonds is 5. The second-order valence-electron chi connectivity index (χ2n) is 7.43. The van der Waals surface area contributed by atoms with Crippen molar-refractivity contribution >= 4 is 39.6 Å². The Morgan fingerprint density at radius 2 is 1.89 bits per heavy atom. The van der Waals surface area contributed by atoms with E-state index in [1.165, 1.54) is 25.8 Å². The van der Waals surface area contributed by atoms with Crippen molar-refractivity contribution in [1.82, 2.24) is 24.6 Å². The SMILES string of the molecule is CC#CC(=O)N(C)c1ccc2ncnc(Nc3ccc(Oc4ccn5ncnc5c4)cc3)c2c1F. The van der Waals surface area contributed by atoms with Crippen LogP contribution in [-0.2, 0) is 4.79 Å². The molecule has 1 N–H and O–H groups in total. The van der Waals surface area contributed by atoms with Crippen LogP contribution in [0.15, 0.2) is 67.4 Å². The number of halogens is 1. The number of fused-ring (bicyclic) bond motifs is 2. The molecular formula is C25H18FN7O2. The third-order valence-corrected chi connectivity index (χ3v) is 5.22. The number of benzene rings is 2. The summed E-state index contributed by atoms with van der Waals surface area (Å²) in [6.07, 6.45) is 4.58. The molecule has 1 amide bonds. The van der Waals surface area contributed by atoms with E-state index in [1.54, 1.807) is 60.1 Å². The van der Waals surface area contributed by atoms with Crippen LogP contribution >= 0.6 is 0 Å². The van der Waals surface area contributed by atoms with Gasteiger partial charge in [-0.25, -0.2) is 23.9 Å². The van der Waals surface area contributed by atoms with E-state index < -0.39 is 11.7 Å². The van der Waals surface area contributed by atoms with Gasteiger partial charge in [-0.3, -0.25) is 4.79 Å². The van der Waals surface area contributed by atoms with Crippen LogP contribution in [0.5, 0.6) is 11.5 Å². The monoisotopic (exact) mass is 467 g/mol. The summed E-state index contributed by atoms with van der Waals surface area (Å²) in [4.78, 5) is 25.8. The van der Waals surface area contributed by atoms with E-state index in [-0.39, 0.29) is 16.9 Å². The Balaban J connectivity index is 1.41. The van der Waals surface area contributed by atoms with Crippen molar-refractivity contribution in [1.29, 1.82) is 0 Å². The lowest BCUT2D eigenvalue weighted by atomic mass is 10.1. The maximum absolute atomic E-state index is 15.5. The smallest absolute Gasteiger partial charge is 0.302 e. The van der Waals surface area contributed by atoms with E-state index in [0.29, 0.717) is 28.4 Å². The number of anilines is 3. The van der Waals surface area contributed by atoms with Gasteiger partial charge in [-0.2, -0.15) is 5.10 Å². The van der Waals surface area contributed by atoms with E-state index in [0.717, 1.165) is 4.90 Å². The van der Waals surface area contributed by atoms with Gasteiger partial charge in [0.1, 0.15) is 30.0 Å². The predicted octanol–water partition coefficient (Wildman–Crippen LogP) is 4.33. The van der Waals surface area contributed by atoms with Crippen LogP contribution < -0.4 is 15.0 Å². The molecule has 5 rings (SSSR count). The summed E-state index contributed by atoms with van der Waals surface area (Å²) < 4.78 is 23.0. The van der Waals surface area contributed by atoms with Crippen molar-refractivity contribution in [2.75, 3.05) is 17.3 Å². The predicted molar refractivity (Wildman–Crippen MR) is 129 cm³/mol. The highest BCUT2D eigenvalue weighted by molar-refractivity contribution is 6.07. The number of nitrogens with one attached hydrogen (secondary N) is 1. The van der Waals surface area contributed by atoms with E-state index in [4.69, 9.17) is 4.74 Å². The third kappa shape index (κ3) is 4.30. The minimum Gasteiger partial charge on any atom is -0.457 e. The molecule has 0 aliphatic carbocycles. The van der Waals surface area contributed by atoms with Crippen molar-refractivity contribution in [3.8, 4) is 23.3 Å². The van der Waals surface area contributed by atoms with Gasteiger partial charge in [-0.05, 0) is 55.3 Å². The van der Waals surface area contributed by atoms with E-state index in [9.17, 15) is 4.79 Å². The molecule has 0 aliphatic rings. The molecule has 35 heavy (non-hydrogen) atoms.